The molecule has 1 heterocycles. The van der Waals surface area contributed by atoms with E-state index in [9.17, 15) is 0 Å². The molecule has 0 amide bonds. The van der Waals surface area contributed by atoms with E-state index in [1.807, 2.05) is 37.3 Å². The normalized spacial score (nSPS) is 10.6. The molecule has 0 fully saturated rings. The van der Waals surface area contributed by atoms with Crippen LogP contribution in [0, 0.1) is 6.92 Å². The summed E-state index contributed by atoms with van der Waals surface area (Å²) in [7, 11) is 1.78. The Kier molecular flexibility index (Phi) is 3.75. The number of hydrogen-bond acceptors (Lipinski definition) is 4. The molecule has 0 aliphatic rings. The van der Waals surface area contributed by atoms with Gasteiger partial charge in [0.15, 0.2) is 0 Å². The molecule has 3 aromatic rings. The average molecular weight is 344 g/mol. The summed E-state index contributed by atoms with van der Waals surface area (Å²) >= 11 is 3.61. The highest BCUT2D eigenvalue weighted by molar-refractivity contribution is 9.10. The van der Waals surface area contributed by atoms with Crippen LogP contribution in [0.25, 0.3) is 10.8 Å². The van der Waals surface area contributed by atoms with Crippen LogP contribution in [0.1, 0.15) is 5.69 Å². The van der Waals surface area contributed by atoms with Crippen LogP contribution in [0.5, 0.6) is 11.6 Å². The average Bonchev–Trinajstić information content (AvgIpc) is 2.50. The Bertz CT molecular complexity index is 805. The molecular formula is C16H14BrN3O. The van der Waals surface area contributed by atoms with E-state index >= 15 is 0 Å². The lowest BCUT2D eigenvalue weighted by Crippen LogP contribution is -1.99. The highest BCUT2D eigenvalue weighted by atomic mass is 79.9. The molecule has 0 saturated carbocycles. The Morgan fingerprint density at radius 3 is 2.71 bits per heavy atom. The van der Waals surface area contributed by atoms with Crippen LogP contribution in [0.15, 0.2) is 46.9 Å². The van der Waals surface area contributed by atoms with E-state index < -0.39 is 0 Å². The second kappa shape index (κ2) is 5.69. The first-order valence-corrected chi connectivity index (χ1v) is 7.35. The Morgan fingerprint density at radius 1 is 1.10 bits per heavy atom. The first-order valence-electron chi connectivity index (χ1n) is 6.56. The van der Waals surface area contributed by atoms with Crippen LogP contribution in [0.2, 0.25) is 0 Å². The lowest BCUT2D eigenvalue weighted by molar-refractivity contribution is 0.460. The molecule has 0 atom stereocenters. The van der Waals surface area contributed by atoms with Gasteiger partial charge in [-0.2, -0.15) is 4.98 Å². The largest absolute Gasteiger partial charge is 0.438 e. The first kappa shape index (κ1) is 13.8. The molecule has 0 saturated heterocycles. The quantitative estimate of drug-likeness (QED) is 0.758. The van der Waals surface area contributed by atoms with E-state index in [1.165, 1.54) is 0 Å². The van der Waals surface area contributed by atoms with Crippen molar-refractivity contribution in [3.8, 4) is 11.6 Å². The molecule has 0 aliphatic carbocycles. The maximum absolute atomic E-state index is 5.90. The lowest BCUT2D eigenvalue weighted by atomic mass is 10.1. The molecule has 0 aliphatic heterocycles. The number of ether oxygens (including phenoxy) is 1. The van der Waals surface area contributed by atoms with Gasteiger partial charge in [0, 0.05) is 18.8 Å². The zero-order valence-electron chi connectivity index (χ0n) is 11.7. The highest BCUT2D eigenvalue weighted by Gasteiger charge is 2.09. The van der Waals surface area contributed by atoms with E-state index in [4.69, 9.17) is 4.74 Å². The predicted molar refractivity (Wildman–Crippen MR) is 88.0 cm³/mol. The molecule has 4 nitrogen and oxygen atoms in total. The van der Waals surface area contributed by atoms with Crippen LogP contribution in [-0.2, 0) is 0 Å². The number of nitrogens with zero attached hydrogens (tertiary/aromatic N) is 2. The summed E-state index contributed by atoms with van der Waals surface area (Å²) in [5.41, 5.74) is 0.848. The van der Waals surface area contributed by atoms with Crippen molar-refractivity contribution in [1.82, 2.24) is 9.97 Å². The van der Waals surface area contributed by atoms with Crippen molar-refractivity contribution < 1.29 is 4.74 Å². The van der Waals surface area contributed by atoms with Crippen LogP contribution in [0.3, 0.4) is 0 Å². The zero-order valence-corrected chi connectivity index (χ0v) is 13.3. The SMILES string of the molecule is CNc1nc(C)cc(Oc2ccc3ccccc3c2Br)n1. The molecule has 0 radical (unpaired) electrons. The van der Waals surface area contributed by atoms with E-state index in [2.05, 4.69) is 43.3 Å². The van der Waals surface area contributed by atoms with Crippen molar-refractivity contribution in [2.45, 2.75) is 6.92 Å². The Balaban J connectivity index is 2.02. The Morgan fingerprint density at radius 2 is 1.90 bits per heavy atom. The van der Waals surface area contributed by atoms with Gasteiger partial charge in [0.1, 0.15) is 5.75 Å². The second-order valence-electron chi connectivity index (χ2n) is 4.62. The number of hydrogen-bond donors (Lipinski definition) is 1. The fraction of sp³-hybridized carbons (Fsp3) is 0.125. The highest BCUT2D eigenvalue weighted by Crippen LogP contribution is 2.35. The fourth-order valence-electron chi connectivity index (χ4n) is 2.11. The van der Waals surface area contributed by atoms with E-state index in [0.29, 0.717) is 11.8 Å². The number of aromatic nitrogens is 2. The third kappa shape index (κ3) is 2.83. The van der Waals surface area contributed by atoms with Crippen molar-refractivity contribution >= 4 is 32.7 Å². The molecule has 5 heteroatoms. The third-order valence-corrected chi connectivity index (χ3v) is 3.91. The smallest absolute Gasteiger partial charge is 0.225 e. The van der Waals surface area contributed by atoms with Crippen molar-refractivity contribution in [1.29, 1.82) is 0 Å². The molecule has 3 rings (SSSR count). The van der Waals surface area contributed by atoms with Gasteiger partial charge < -0.3 is 10.1 Å². The Labute approximate surface area is 131 Å². The van der Waals surface area contributed by atoms with Gasteiger partial charge in [0.2, 0.25) is 11.8 Å². The monoisotopic (exact) mass is 343 g/mol. The number of nitrogens with one attached hydrogen (secondary N) is 1. The molecule has 21 heavy (non-hydrogen) atoms. The van der Waals surface area contributed by atoms with Crippen molar-refractivity contribution in [2.24, 2.45) is 0 Å². The lowest BCUT2D eigenvalue weighted by Gasteiger charge is -2.10. The summed E-state index contributed by atoms with van der Waals surface area (Å²) in [5, 5.41) is 5.19. The molecule has 0 spiro atoms. The summed E-state index contributed by atoms with van der Waals surface area (Å²) < 4.78 is 6.82. The molecule has 106 valence electrons. The van der Waals surface area contributed by atoms with E-state index in [1.54, 1.807) is 7.05 Å². The van der Waals surface area contributed by atoms with E-state index in [-0.39, 0.29) is 0 Å². The van der Waals surface area contributed by atoms with E-state index in [0.717, 1.165) is 26.7 Å². The van der Waals surface area contributed by atoms with Gasteiger partial charge in [-0.05, 0) is 39.7 Å². The van der Waals surface area contributed by atoms with Gasteiger partial charge in [-0.3, -0.25) is 0 Å². The predicted octanol–water partition coefficient (Wildman–Crippen LogP) is 4.53. The molecule has 0 bridgehead atoms. The fourth-order valence-corrected chi connectivity index (χ4v) is 2.68. The summed E-state index contributed by atoms with van der Waals surface area (Å²) in [6, 6.07) is 13.9. The zero-order chi connectivity index (χ0) is 14.8. The van der Waals surface area contributed by atoms with Crippen molar-refractivity contribution in [3.63, 3.8) is 0 Å². The number of halogens is 1. The molecule has 0 unspecified atom stereocenters. The summed E-state index contributed by atoms with van der Waals surface area (Å²) in [4.78, 5) is 8.56. The summed E-state index contributed by atoms with van der Waals surface area (Å²) in [6.45, 7) is 1.91. The van der Waals surface area contributed by atoms with Crippen molar-refractivity contribution in [3.05, 3.63) is 52.6 Å². The van der Waals surface area contributed by atoms with Gasteiger partial charge in [0.05, 0.1) is 4.47 Å². The Hall–Kier alpha value is -2.14. The van der Waals surface area contributed by atoms with Gasteiger partial charge in [0.25, 0.3) is 0 Å². The number of fused-ring (bicyclic) bond motifs is 1. The minimum atomic E-state index is 0.517. The topological polar surface area (TPSA) is 47.0 Å². The maximum Gasteiger partial charge on any atom is 0.225 e. The molecular weight excluding hydrogens is 330 g/mol. The van der Waals surface area contributed by atoms with Gasteiger partial charge in [-0.25, -0.2) is 4.98 Å². The second-order valence-corrected chi connectivity index (χ2v) is 5.42. The minimum absolute atomic E-state index is 0.517. The maximum atomic E-state index is 5.90. The van der Waals surface area contributed by atoms with Gasteiger partial charge >= 0.3 is 0 Å². The number of benzene rings is 2. The van der Waals surface area contributed by atoms with Crippen LogP contribution >= 0.6 is 15.9 Å². The minimum Gasteiger partial charge on any atom is -0.438 e. The summed E-state index contributed by atoms with van der Waals surface area (Å²) in [6.07, 6.45) is 0. The standard InChI is InChI=1S/C16H14BrN3O/c1-10-9-14(20-16(18-2)19-10)21-13-8-7-11-5-3-4-6-12(11)15(13)17/h3-9H,1-2H3,(H,18,19,20). The van der Waals surface area contributed by atoms with Crippen LogP contribution < -0.4 is 10.1 Å². The first-order chi connectivity index (χ1) is 10.2. The molecule has 1 N–H and O–H groups in total. The van der Waals surface area contributed by atoms with Crippen molar-refractivity contribution in [2.75, 3.05) is 12.4 Å². The number of anilines is 1. The molecule has 2 aromatic carbocycles. The number of rotatable bonds is 3. The summed E-state index contributed by atoms with van der Waals surface area (Å²) in [5.74, 6) is 1.79. The van der Waals surface area contributed by atoms with Crippen LogP contribution in [0.4, 0.5) is 5.95 Å². The third-order valence-electron chi connectivity index (χ3n) is 3.10. The van der Waals surface area contributed by atoms with Crippen LogP contribution in [-0.4, -0.2) is 17.0 Å². The number of aryl methyl sites for hydroxylation is 1. The molecule has 1 aromatic heterocycles. The van der Waals surface area contributed by atoms with Gasteiger partial charge in [-0.1, -0.05) is 30.3 Å². The van der Waals surface area contributed by atoms with Gasteiger partial charge in [-0.15, -0.1) is 0 Å².